The van der Waals surface area contributed by atoms with Crippen molar-refractivity contribution in [3.05, 3.63) is 209 Å². The van der Waals surface area contributed by atoms with Crippen molar-refractivity contribution < 1.29 is 4.74 Å². The minimum Gasteiger partial charge on any atom is -0.457 e. The van der Waals surface area contributed by atoms with Crippen molar-refractivity contribution in [2.24, 2.45) is 4.99 Å². The summed E-state index contributed by atoms with van der Waals surface area (Å²) in [5, 5.41) is 0. The normalized spacial score (nSPS) is 19.3. The minimum absolute atomic E-state index is 0.0433. The number of hydrogen-bond donors (Lipinski definition) is 0. The quantitative estimate of drug-likeness (QED) is 0.166. The molecule has 2 aliphatic heterocycles. The number of aliphatic imine (C=N–C) groups is 1. The second-order valence-electron chi connectivity index (χ2n) is 14.1. The molecule has 5 aromatic carbocycles. The number of fused-ring (bicyclic) bond motifs is 2. The SMILES string of the molecule is C=C1C(C2=CC=C(C3(C4=CCCCC4)c4ccccc4Oc4ccccc43)CC2)=NC(c2ccc(-c3ccccc3)cc2)=C[C@H]1c1ccccc1. The van der Waals surface area contributed by atoms with Crippen molar-refractivity contribution in [1.82, 2.24) is 0 Å². The van der Waals surface area contributed by atoms with Crippen LogP contribution < -0.4 is 4.74 Å². The highest BCUT2D eigenvalue weighted by atomic mass is 16.5. The summed E-state index contributed by atoms with van der Waals surface area (Å²) in [6.07, 6.45) is 16.1. The average molecular weight is 660 g/mol. The molecule has 2 nitrogen and oxygen atoms in total. The molecule has 2 heteroatoms. The van der Waals surface area contributed by atoms with Crippen LogP contribution in [-0.4, -0.2) is 5.71 Å². The fraction of sp³-hybridized carbons (Fsp3) is 0.163. The van der Waals surface area contributed by atoms with Gasteiger partial charge in [0, 0.05) is 17.0 Å². The second-order valence-corrected chi connectivity index (χ2v) is 14.1. The molecule has 0 saturated carbocycles. The standard InChI is InChI=1S/C49H41NO/c1-34-42(37-17-7-3-8-18-37)33-45(38-27-25-36(26-28-38)35-15-5-2-6-16-35)50-48(34)39-29-31-41(32-30-39)49(40-19-9-4-10-20-40)43-21-11-13-23-46(43)51-47-24-14-12-22-44(47)49/h2-3,5-8,11-19,21-29,31,33,42H,1,4,9-10,20,30,32H2/t42-/m1/s1. The van der Waals surface area contributed by atoms with Crippen molar-refractivity contribution in [2.45, 2.75) is 49.9 Å². The minimum atomic E-state index is -0.350. The van der Waals surface area contributed by atoms with Crippen LogP contribution in [0.15, 0.2) is 192 Å². The first-order chi connectivity index (χ1) is 25.2. The van der Waals surface area contributed by atoms with E-state index in [-0.39, 0.29) is 11.3 Å². The van der Waals surface area contributed by atoms with Crippen LogP contribution in [0.5, 0.6) is 11.5 Å². The molecule has 0 fully saturated rings. The molecule has 1 atom stereocenters. The fourth-order valence-corrected chi connectivity index (χ4v) is 8.71. The summed E-state index contributed by atoms with van der Waals surface area (Å²) in [5.74, 6) is 1.96. The number of para-hydroxylation sites is 2. The maximum absolute atomic E-state index is 6.58. The van der Waals surface area contributed by atoms with Gasteiger partial charge >= 0.3 is 0 Å². The van der Waals surface area contributed by atoms with Gasteiger partial charge in [-0.05, 0) is 90.1 Å². The predicted octanol–water partition coefficient (Wildman–Crippen LogP) is 12.7. The summed E-state index contributed by atoms with van der Waals surface area (Å²) in [6, 6.07) is 47.5. The number of hydrogen-bond acceptors (Lipinski definition) is 2. The molecular weight excluding hydrogens is 619 g/mol. The van der Waals surface area contributed by atoms with Gasteiger partial charge in [-0.1, -0.05) is 157 Å². The summed E-state index contributed by atoms with van der Waals surface area (Å²) in [5.41, 5.74) is 14.2. The third kappa shape index (κ3) is 5.47. The highest BCUT2D eigenvalue weighted by molar-refractivity contribution is 6.16. The summed E-state index contributed by atoms with van der Waals surface area (Å²) in [6.45, 7) is 4.70. The molecule has 0 bridgehead atoms. The Morgan fingerprint density at radius 3 is 1.86 bits per heavy atom. The van der Waals surface area contributed by atoms with Crippen LogP contribution in [0.2, 0.25) is 0 Å². The number of benzene rings is 5. The van der Waals surface area contributed by atoms with Gasteiger partial charge in [0.1, 0.15) is 11.5 Å². The van der Waals surface area contributed by atoms with Crippen LogP contribution in [0.25, 0.3) is 16.8 Å². The van der Waals surface area contributed by atoms with E-state index in [0.29, 0.717) is 0 Å². The van der Waals surface area contributed by atoms with Crippen molar-refractivity contribution >= 4 is 11.4 Å². The lowest BCUT2D eigenvalue weighted by atomic mass is 9.59. The fourth-order valence-electron chi connectivity index (χ4n) is 8.71. The summed E-state index contributed by atoms with van der Waals surface area (Å²) in [7, 11) is 0. The van der Waals surface area contributed by atoms with Gasteiger partial charge in [-0.2, -0.15) is 0 Å². The molecule has 0 unspecified atom stereocenters. The lowest BCUT2D eigenvalue weighted by Crippen LogP contribution is -2.37. The molecule has 248 valence electrons. The van der Waals surface area contributed by atoms with Gasteiger partial charge in [0.25, 0.3) is 0 Å². The van der Waals surface area contributed by atoms with Crippen molar-refractivity contribution in [2.75, 3.05) is 0 Å². The van der Waals surface area contributed by atoms with Crippen LogP contribution in [0.1, 0.15) is 66.7 Å². The van der Waals surface area contributed by atoms with Gasteiger partial charge in [0.05, 0.1) is 16.8 Å². The largest absolute Gasteiger partial charge is 0.457 e. The molecule has 5 aromatic rings. The highest BCUT2D eigenvalue weighted by Crippen LogP contribution is 2.58. The Labute approximate surface area is 301 Å². The monoisotopic (exact) mass is 659 g/mol. The van der Waals surface area contributed by atoms with Crippen molar-refractivity contribution in [1.29, 1.82) is 0 Å². The zero-order chi connectivity index (χ0) is 34.2. The van der Waals surface area contributed by atoms with E-state index >= 15 is 0 Å². The van der Waals surface area contributed by atoms with Gasteiger partial charge in [0.15, 0.2) is 0 Å². The molecule has 0 saturated heterocycles. The lowest BCUT2D eigenvalue weighted by Gasteiger charge is -2.45. The summed E-state index contributed by atoms with van der Waals surface area (Å²) >= 11 is 0. The van der Waals surface area contributed by atoms with E-state index in [2.05, 4.69) is 158 Å². The second kappa shape index (κ2) is 13.2. The maximum atomic E-state index is 6.58. The van der Waals surface area contributed by atoms with Crippen LogP contribution >= 0.6 is 0 Å². The molecular formula is C49H41NO. The Hall–Kier alpha value is -5.73. The third-order valence-electron chi connectivity index (χ3n) is 11.2. The van der Waals surface area contributed by atoms with Crippen LogP contribution in [0.4, 0.5) is 0 Å². The lowest BCUT2D eigenvalue weighted by molar-refractivity contribution is 0.421. The van der Waals surface area contributed by atoms with E-state index in [9.17, 15) is 0 Å². The molecule has 0 N–H and O–H groups in total. The van der Waals surface area contributed by atoms with Gasteiger partial charge in [0.2, 0.25) is 0 Å². The molecule has 2 heterocycles. The summed E-state index contributed by atoms with van der Waals surface area (Å²) in [4.78, 5) is 5.40. The first-order valence-corrected chi connectivity index (χ1v) is 18.4. The first-order valence-electron chi connectivity index (χ1n) is 18.4. The molecule has 0 amide bonds. The van der Waals surface area contributed by atoms with Crippen LogP contribution in [0.3, 0.4) is 0 Å². The summed E-state index contributed by atoms with van der Waals surface area (Å²) < 4.78 is 6.58. The molecule has 4 aliphatic rings. The zero-order valence-electron chi connectivity index (χ0n) is 28.9. The van der Waals surface area contributed by atoms with Gasteiger partial charge in [-0.3, -0.25) is 0 Å². The first kappa shape index (κ1) is 31.3. The van der Waals surface area contributed by atoms with Crippen LogP contribution in [-0.2, 0) is 5.41 Å². The van der Waals surface area contributed by atoms with E-state index in [1.165, 1.54) is 57.4 Å². The van der Waals surface area contributed by atoms with E-state index in [0.717, 1.165) is 59.7 Å². The zero-order valence-corrected chi connectivity index (χ0v) is 28.9. The molecule has 0 radical (unpaired) electrons. The van der Waals surface area contributed by atoms with E-state index in [1.807, 2.05) is 0 Å². The Morgan fingerprint density at radius 2 is 1.22 bits per heavy atom. The number of allylic oxidation sites excluding steroid dienone is 8. The average Bonchev–Trinajstić information content (AvgIpc) is 3.21. The molecule has 2 aliphatic carbocycles. The number of nitrogens with zero attached hydrogens (tertiary/aromatic N) is 1. The van der Waals surface area contributed by atoms with E-state index in [4.69, 9.17) is 16.3 Å². The predicted molar refractivity (Wildman–Crippen MR) is 211 cm³/mol. The van der Waals surface area contributed by atoms with Gasteiger partial charge in [-0.15, -0.1) is 0 Å². The number of ether oxygens (including phenoxy) is 1. The Morgan fingerprint density at radius 1 is 0.588 bits per heavy atom. The van der Waals surface area contributed by atoms with Crippen LogP contribution in [0, 0.1) is 0 Å². The molecule has 0 spiro atoms. The number of rotatable bonds is 6. The van der Waals surface area contributed by atoms with Gasteiger partial charge < -0.3 is 4.74 Å². The van der Waals surface area contributed by atoms with E-state index < -0.39 is 0 Å². The van der Waals surface area contributed by atoms with Crippen molar-refractivity contribution in [3.8, 4) is 22.6 Å². The smallest absolute Gasteiger partial charge is 0.132 e. The Balaban J connectivity index is 1.15. The van der Waals surface area contributed by atoms with Gasteiger partial charge in [-0.25, -0.2) is 4.99 Å². The molecule has 0 aromatic heterocycles. The Kier molecular flexibility index (Phi) is 8.09. The molecule has 9 rings (SSSR count). The van der Waals surface area contributed by atoms with E-state index in [1.54, 1.807) is 0 Å². The topological polar surface area (TPSA) is 21.6 Å². The Bertz CT molecular complexity index is 2240. The van der Waals surface area contributed by atoms with Crippen molar-refractivity contribution in [3.63, 3.8) is 0 Å². The maximum Gasteiger partial charge on any atom is 0.132 e. The molecule has 51 heavy (non-hydrogen) atoms. The third-order valence-corrected chi connectivity index (χ3v) is 11.2. The highest BCUT2D eigenvalue weighted by Gasteiger charge is 2.47.